The maximum Gasteiger partial charge on any atom is 0.153 e. The number of hydrogen-bond acceptors (Lipinski definition) is 5. The van der Waals surface area contributed by atoms with Gasteiger partial charge >= 0.3 is 0 Å². The van der Waals surface area contributed by atoms with Crippen LogP contribution in [0.4, 0.5) is 0 Å². The first-order valence-electron chi connectivity index (χ1n) is 8.01. The lowest BCUT2D eigenvalue weighted by Crippen LogP contribution is -2.35. The van der Waals surface area contributed by atoms with E-state index in [1.807, 2.05) is 18.3 Å². The van der Waals surface area contributed by atoms with E-state index in [9.17, 15) is 8.42 Å². The third-order valence-corrected chi connectivity index (χ3v) is 6.41. The van der Waals surface area contributed by atoms with E-state index in [2.05, 4.69) is 15.2 Å². The summed E-state index contributed by atoms with van der Waals surface area (Å²) in [6.07, 6.45) is 4.79. The molecule has 0 aliphatic carbocycles. The highest BCUT2D eigenvalue weighted by Crippen LogP contribution is 2.13. The summed E-state index contributed by atoms with van der Waals surface area (Å²) in [7, 11) is -2.99. The van der Waals surface area contributed by atoms with Gasteiger partial charge in [-0.15, -0.1) is 12.4 Å². The molecule has 5 nitrogen and oxygen atoms in total. The SMILES string of the molecule is CC(C)S(=O)(=O)CCN(Cc1cccnc1)CC1CCNC1.Cl. The molecule has 0 saturated carbocycles. The molecule has 1 aromatic heterocycles. The topological polar surface area (TPSA) is 62.3 Å². The molecule has 1 atom stereocenters. The fourth-order valence-electron chi connectivity index (χ4n) is 2.71. The van der Waals surface area contributed by atoms with Crippen LogP contribution in [0.1, 0.15) is 25.8 Å². The first-order valence-corrected chi connectivity index (χ1v) is 9.72. The summed E-state index contributed by atoms with van der Waals surface area (Å²) in [6.45, 7) is 7.89. The number of pyridine rings is 1. The van der Waals surface area contributed by atoms with Gasteiger partial charge in [0, 0.05) is 32.0 Å². The van der Waals surface area contributed by atoms with Crippen molar-refractivity contribution in [3.63, 3.8) is 0 Å². The van der Waals surface area contributed by atoms with Crippen molar-refractivity contribution in [2.75, 3.05) is 31.9 Å². The third-order valence-electron chi connectivity index (χ3n) is 4.22. The van der Waals surface area contributed by atoms with Crippen molar-refractivity contribution in [1.29, 1.82) is 0 Å². The van der Waals surface area contributed by atoms with Crippen molar-refractivity contribution in [1.82, 2.24) is 15.2 Å². The fourth-order valence-corrected chi connectivity index (χ4v) is 3.70. The molecule has 1 aliphatic heterocycles. The van der Waals surface area contributed by atoms with E-state index in [0.717, 1.165) is 31.7 Å². The van der Waals surface area contributed by atoms with E-state index in [0.29, 0.717) is 12.5 Å². The average molecular weight is 362 g/mol. The Morgan fingerprint density at radius 2 is 2.22 bits per heavy atom. The Labute approximate surface area is 146 Å². The highest BCUT2D eigenvalue weighted by molar-refractivity contribution is 7.92. The van der Waals surface area contributed by atoms with Crippen LogP contribution in [-0.4, -0.2) is 55.5 Å². The van der Waals surface area contributed by atoms with Crippen LogP contribution in [0.2, 0.25) is 0 Å². The summed E-state index contributed by atoms with van der Waals surface area (Å²) in [6, 6.07) is 3.97. The van der Waals surface area contributed by atoms with E-state index in [4.69, 9.17) is 0 Å². The predicted octanol–water partition coefficient (Wildman–Crippen LogP) is 1.74. The highest BCUT2D eigenvalue weighted by atomic mass is 35.5. The lowest BCUT2D eigenvalue weighted by atomic mass is 10.1. The maximum atomic E-state index is 12.1. The summed E-state index contributed by atoms with van der Waals surface area (Å²) in [5, 5.41) is 3.07. The molecule has 0 spiro atoms. The minimum Gasteiger partial charge on any atom is -0.316 e. The lowest BCUT2D eigenvalue weighted by Gasteiger charge is -2.25. The van der Waals surface area contributed by atoms with Gasteiger partial charge in [0.15, 0.2) is 9.84 Å². The number of aromatic nitrogens is 1. The number of nitrogens with one attached hydrogen (secondary N) is 1. The van der Waals surface area contributed by atoms with Gasteiger partial charge in [0.2, 0.25) is 0 Å². The van der Waals surface area contributed by atoms with Crippen molar-refractivity contribution in [2.45, 2.75) is 32.1 Å². The summed E-state index contributed by atoms with van der Waals surface area (Å²) in [5.74, 6) is 0.837. The Morgan fingerprint density at radius 1 is 1.43 bits per heavy atom. The molecule has 1 N–H and O–H groups in total. The minimum atomic E-state index is -2.99. The van der Waals surface area contributed by atoms with Gasteiger partial charge in [0.1, 0.15) is 0 Å². The summed E-state index contributed by atoms with van der Waals surface area (Å²) < 4.78 is 24.1. The largest absolute Gasteiger partial charge is 0.316 e. The van der Waals surface area contributed by atoms with E-state index in [1.165, 1.54) is 6.42 Å². The Bertz CT molecular complexity index is 546. The minimum absolute atomic E-state index is 0. The molecule has 1 unspecified atom stereocenters. The normalized spacial score (nSPS) is 18.3. The first kappa shape index (κ1) is 20.4. The van der Waals surface area contributed by atoms with E-state index < -0.39 is 9.84 Å². The summed E-state index contributed by atoms with van der Waals surface area (Å²) >= 11 is 0. The van der Waals surface area contributed by atoms with Gasteiger partial charge in [0.25, 0.3) is 0 Å². The van der Waals surface area contributed by atoms with Gasteiger partial charge in [-0.2, -0.15) is 0 Å². The molecule has 1 saturated heterocycles. The number of rotatable bonds is 8. The molecule has 7 heteroatoms. The van der Waals surface area contributed by atoms with Crippen LogP contribution >= 0.6 is 12.4 Å². The van der Waals surface area contributed by atoms with E-state index >= 15 is 0 Å². The Balaban J connectivity index is 0.00000264. The quantitative estimate of drug-likeness (QED) is 0.764. The second-order valence-electron chi connectivity index (χ2n) is 6.37. The Morgan fingerprint density at radius 3 is 2.78 bits per heavy atom. The number of nitrogens with zero attached hydrogens (tertiary/aromatic N) is 2. The molecule has 23 heavy (non-hydrogen) atoms. The van der Waals surface area contributed by atoms with E-state index in [1.54, 1.807) is 20.0 Å². The summed E-state index contributed by atoms with van der Waals surface area (Å²) in [5.41, 5.74) is 1.13. The van der Waals surface area contributed by atoms with Crippen molar-refractivity contribution in [3.8, 4) is 0 Å². The zero-order valence-electron chi connectivity index (χ0n) is 13.9. The molecule has 1 aromatic rings. The summed E-state index contributed by atoms with van der Waals surface area (Å²) in [4.78, 5) is 6.41. The molecule has 2 heterocycles. The van der Waals surface area contributed by atoms with Gasteiger partial charge in [-0.3, -0.25) is 9.88 Å². The van der Waals surface area contributed by atoms with Crippen molar-refractivity contribution < 1.29 is 8.42 Å². The van der Waals surface area contributed by atoms with Crippen LogP contribution in [0.5, 0.6) is 0 Å². The predicted molar refractivity (Wildman–Crippen MR) is 96.7 cm³/mol. The van der Waals surface area contributed by atoms with Crippen LogP contribution in [0, 0.1) is 5.92 Å². The second kappa shape index (κ2) is 9.57. The average Bonchev–Trinajstić information content (AvgIpc) is 2.99. The van der Waals surface area contributed by atoms with Gasteiger partial charge in [-0.1, -0.05) is 6.07 Å². The number of hydrogen-bond donors (Lipinski definition) is 1. The molecule has 0 radical (unpaired) electrons. The highest BCUT2D eigenvalue weighted by Gasteiger charge is 2.22. The zero-order chi connectivity index (χ0) is 16.0. The van der Waals surface area contributed by atoms with E-state index in [-0.39, 0.29) is 23.4 Å². The molecule has 0 bridgehead atoms. The Hall–Kier alpha value is -0.690. The molecular weight excluding hydrogens is 334 g/mol. The third kappa shape index (κ3) is 6.75. The van der Waals surface area contributed by atoms with Gasteiger partial charge in [-0.05, 0) is 50.9 Å². The zero-order valence-corrected chi connectivity index (χ0v) is 15.6. The molecule has 0 aromatic carbocycles. The lowest BCUT2D eigenvalue weighted by molar-refractivity contribution is 0.241. The number of halogens is 1. The van der Waals surface area contributed by atoms with Crippen LogP contribution in [0.3, 0.4) is 0 Å². The first-order chi connectivity index (χ1) is 10.5. The van der Waals surface area contributed by atoms with Crippen LogP contribution in [0.15, 0.2) is 24.5 Å². The smallest absolute Gasteiger partial charge is 0.153 e. The molecule has 1 fully saturated rings. The van der Waals surface area contributed by atoms with Gasteiger partial charge in [-0.25, -0.2) is 8.42 Å². The second-order valence-corrected chi connectivity index (χ2v) is 9.05. The standard InChI is InChI=1S/C16H27N3O2S.ClH/c1-14(2)22(20,21)9-8-19(13-16-5-7-18-11-16)12-15-4-3-6-17-10-15;/h3-4,6,10,14,16,18H,5,7-9,11-13H2,1-2H3;1H. The monoisotopic (exact) mass is 361 g/mol. The van der Waals surface area contributed by atoms with Crippen LogP contribution < -0.4 is 5.32 Å². The van der Waals surface area contributed by atoms with Crippen LogP contribution in [0.25, 0.3) is 0 Å². The van der Waals surface area contributed by atoms with Crippen LogP contribution in [-0.2, 0) is 16.4 Å². The van der Waals surface area contributed by atoms with Gasteiger partial charge in [0.05, 0.1) is 11.0 Å². The molecule has 132 valence electrons. The van der Waals surface area contributed by atoms with Crippen molar-refractivity contribution in [3.05, 3.63) is 30.1 Å². The maximum absolute atomic E-state index is 12.1. The van der Waals surface area contributed by atoms with Crippen molar-refractivity contribution >= 4 is 22.2 Å². The molecule has 0 amide bonds. The molecule has 2 rings (SSSR count). The Kier molecular flexibility index (Phi) is 8.47. The fraction of sp³-hybridized carbons (Fsp3) is 0.688. The van der Waals surface area contributed by atoms with Crippen molar-refractivity contribution in [2.24, 2.45) is 5.92 Å². The number of sulfone groups is 1. The molecular formula is C16H28ClN3O2S. The molecule has 1 aliphatic rings. The van der Waals surface area contributed by atoms with Gasteiger partial charge < -0.3 is 5.32 Å².